The zero-order valence-corrected chi connectivity index (χ0v) is 11.4. The molecule has 0 saturated carbocycles. The average molecular weight is 262 g/mol. The van der Waals surface area contributed by atoms with Gasteiger partial charge in [-0.1, -0.05) is 30.3 Å². The number of piperidine rings is 1. The van der Waals surface area contributed by atoms with Gasteiger partial charge in [0, 0.05) is 19.1 Å². The summed E-state index contributed by atoms with van der Waals surface area (Å²) in [4.78, 5) is 13.3. The third kappa shape index (κ3) is 4.33. The summed E-state index contributed by atoms with van der Waals surface area (Å²) in [6.45, 7) is 4.67. The fourth-order valence-corrected chi connectivity index (χ4v) is 2.60. The normalized spacial score (nSPS) is 22.1. The molecule has 19 heavy (non-hydrogen) atoms. The third-order valence-corrected chi connectivity index (χ3v) is 3.61. The molecular weight excluding hydrogens is 240 g/mol. The van der Waals surface area contributed by atoms with Crippen LogP contribution in [0.5, 0.6) is 0 Å². The number of carbonyl (C=O) groups is 1. The fraction of sp³-hybridized carbons (Fsp3) is 0.533. The predicted molar refractivity (Wildman–Crippen MR) is 75.0 cm³/mol. The second-order valence-electron chi connectivity index (χ2n) is 5.29. The topological polar surface area (TPSA) is 52.6 Å². The van der Waals surface area contributed by atoms with Crippen LogP contribution in [0.25, 0.3) is 0 Å². The minimum atomic E-state index is -0.778. The number of carboxylic acids is 1. The molecule has 4 heteroatoms. The van der Waals surface area contributed by atoms with E-state index < -0.39 is 12.0 Å². The predicted octanol–water partition coefficient (Wildman–Crippen LogP) is 1.71. The average Bonchev–Trinajstić information content (AvgIpc) is 2.40. The summed E-state index contributed by atoms with van der Waals surface area (Å²) in [5.74, 6) is -0.778. The van der Waals surface area contributed by atoms with Crippen LogP contribution in [0.4, 0.5) is 0 Å². The number of nitrogens with zero attached hydrogens (tertiary/aromatic N) is 1. The van der Waals surface area contributed by atoms with Gasteiger partial charge in [0.1, 0.15) is 6.04 Å². The summed E-state index contributed by atoms with van der Waals surface area (Å²) in [6.07, 6.45) is 2.18. The Balaban J connectivity index is 1.85. The second-order valence-corrected chi connectivity index (χ2v) is 5.29. The molecule has 1 heterocycles. The summed E-state index contributed by atoms with van der Waals surface area (Å²) < 4.78 is 0. The highest BCUT2D eigenvalue weighted by Gasteiger charge is 2.23. The number of hydrogen-bond donors (Lipinski definition) is 2. The van der Waals surface area contributed by atoms with Crippen molar-refractivity contribution in [1.82, 2.24) is 10.2 Å². The van der Waals surface area contributed by atoms with Crippen molar-refractivity contribution in [2.45, 2.75) is 38.4 Å². The Morgan fingerprint density at radius 3 is 2.89 bits per heavy atom. The minimum Gasteiger partial charge on any atom is -0.480 e. The first-order chi connectivity index (χ1) is 9.15. The molecule has 0 bridgehead atoms. The van der Waals surface area contributed by atoms with Gasteiger partial charge in [0.2, 0.25) is 0 Å². The maximum atomic E-state index is 10.9. The molecule has 1 fully saturated rings. The van der Waals surface area contributed by atoms with Gasteiger partial charge in [-0.25, -0.2) is 0 Å². The Morgan fingerprint density at radius 1 is 1.47 bits per heavy atom. The van der Waals surface area contributed by atoms with Gasteiger partial charge in [-0.3, -0.25) is 9.69 Å². The van der Waals surface area contributed by atoms with E-state index in [1.807, 2.05) is 6.07 Å². The SMILES string of the molecule is CC(NC1CCCN(Cc2ccccc2)C1)C(=O)O. The number of nitrogens with one attached hydrogen (secondary N) is 1. The van der Waals surface area contributed by atoms with E-state index in [0.717, 1.165) is 32.5 Å². The van der Waals surface area contributed by atoms with E-state index in [1.54, 1.807) is 6.92 Å². The lowest BCUT2D eigenvalue weighted by Gasteiger charge is -2.34. The van der Waals surface area contributed by atoms with Gasteiger partial charge >= 0.3 is 5.97 Å². The summed E-state index contributed by atoms with van der Waals surface area (Å²) in [5.41, 5.74) is 1.31. The highest BCUT2D eigenvalue weighted by molar-refractivity contribution is 5.72. The van der Waals surface area contributed by atoms with Crippen molar-refractivity contribution in [3.05, 3.63) is 35.9 Å². The van der Waals surface area contributed by atoms with Crippen LogP contribution in [-0.4, -0.2) is 41.1 Å². The number of hydrogen-bond acceptors (Lipinski definition) is 3. The molecule has 2 unspecified atom stereocenters. The van der Waals surface area contributed by atoms with Crippen LogP contribution in [-0.2, 0) is 11.3 Å². The first kappa shape index (κ1) is 14.0. The molecule has 0 radical (unpaired) electrons. The smallest absolute Gasteiger partial charge is 0.320 e. The van der Waals surface area contributed by atoms with Gasteiger partial charge in [-0.15, -0.1) is 0 Å². The molecule has 1 aromatic carbocycles. The highest BCUT2D eigenvalue weighted by Crippen LogP contribution is 2.14. The second kappa shape index (κ2) is 6.68. The fourth-order valence-electron chi connectivity index (χ4n) is 2.60. The van der Waals surface area contributed by atoms with E-state index in [9.17, 15) is 4.79 Å². The number of benzene rings is 1. The molecule has 4 nitrogen and oxygen atoms in total. The molecule has 1 saturated heterocycles. The van der Waals surface area contributed by atoms with E-state index >= 15 is 0 Å². The van der Waals surface area contributed by atoms with Crippen LogP contribution in [0.2, 0.25) is 0 Å². The van der Waals surface area contributed by atoms with Crippen molar-refractivity contribution < 1.29 is 9.90 Å². The molecule has 1 aliphatic heterocycles. The van der Waals surface area contributed by atoms with Gasteiger partial charge in [-0.05, 0) is 31.9 Å². The molecule has 0 aliphatic carbocycles. The Morgan fingerprint density at radius 2 is 2.21 bits per heavy atom. The number of aliphatic carboxylic acids is 1. The minimum absolute atomic E-state index is 0.281. The van der Waals surface area contributed by atoms with Crippen LogP contribution in [0, 0.1) is 0 Å². The van der Waals surface area contributed by atoms with E-state index in [4.69, 9.17) is 5.11 Å². The standard InChI is InChI=1S/C15H22N2O2/c1-12(15(18)19)16-14-8-5-9-17(11-14)10-13-6-3-2-4-7-13/h2-4,6-7,12,14,16H,5,8-11H2,1H3,(H,18,19). The summed E-state index contributed by atoms with van der Waals surface area (Å²) in [5, 5.41) is 12.1. The Bertz CT molecular complexity index is 408. The lowest BCUT2D eigenvalue weighted by molar-refractivity contribution is -0.139. The maximum Gasteiger partial charge on any atom is 0.320 e. The van der Waals surface area contributed by atoms with E-state index in [1.165, 1.54) is 5.56 Å². The Labute approximate surface area is 114 Å². The number of carboxylic acid groups (broad SMARTS) is 1. The molecule has 0 spiro atoms. The number of likely N-dealkylation sites (tertiary alicyclic amines) is 1. The van der Waals surface area contributed by atoms with Crippen LogP contribution < -0.4 is 5.32 Å². The van der Waals surface area contributed by atoms with Gasteiger partial charge < -0.3 is 10.4 Å². The van der Waals surface area contributed by atoms with Gasteiger partial charge in [-0.2, -0.15) is 0 Å². The van der Waals surface area contributed by atoms with Crippen LogP contribution >= 0.6 is 0 Å². The molecule has 0 amide bonds. The first-order valence-corrected chi connectivity index (χ1v) is 6.90. The third-order valence-electron chi connectivity index (χ3n) is 3.61. The molecule has 2 N–H and O–H groups in total. The zero-order chi connectivity index (χ0) is 13.7. The first-order valence-electron chi connectivity index (χ1n) is 6.90. The van der Waals surface area contributed by atoms with E-state index in [2.05, 4.69) is 34.5 Å². The Kier molecular flexibility index (Phi) is 4.93. The maximum absolute atomic E-state index is 10.9. The van der Waals surface area contributed by atoms with Crippen molar-refractivity contribution in [3.63, 3.8) is 0 Å². The molecule has 0 aromatic heterocycles. The van der Waals surface area contributed by atoms with Crippen molar-refractivity contribution in [2.24, 2.45) is 0 Å². The Hall–Kier alpha value is -1.39. The monoisotopic (exact) mass is 262 g/mol. The van der Waals surface area contributed by atoms with Crippen LogP contribution in [0.3, 0.4) is 0 Å². The van der Waals surface area contributed by atoms with Crippen molar-refractivity contribution in [1.29, 1.82) is 0 Å². The molecule has 2 rings (SSSR count). The van der Waals surface area contributed by atoms with E-state index in [-0.39, 0.29) is 6.04 Å². The van der Waals surface area contributed by atoms with Crippen molar-refractivity contribution >= 4 is 5.97 Å². The quantitative estimate of drug-likeness (QED) is 0.848. The molecule has 1 aliphatic rings. The molecule has 2 atom stereocenters. The van der Waals surface area contributed by atoms with Gasteiger partial charge in [0.05, 0.1) is 0 Å². The lowest BCUT2D eigenvalue weighted by Crippen LogP contribution is -2.50. The molecule has 104 valence electrons. The van der Waals surface area contributed by atoms with Gasteiger partial charge in [0.25, 0.3) is 0 Å². The summed E-state index contributed by atoms with van der Waals surface area (Å²) in [7, 11) is 0. The summed E-state index contributed by atoms with van der Waals surface area (Å²) >= 11 is 0. The van der Waals surface area contributed by atoms with Crippen LogP contribution in [0.1, 0.15) is 25.3 Å². The van der Waals surface area contributed by atoms with E-state index in [0.29, 0.717) is 0 Å². The number of rotatable bonds is 5. The molecular formula is C15H22N2O2. The largest absolute Gasteiger partial charge is 0.480 e. The van der Waals surface area contributed by atoms with Gasteiger partial charge in [0.15, 0.2) is 0 Å². The van der Waals surface area contributed by atoms with Crippen molar-refractivity contribution in [2.75, 3.05) is 13.1 Å². The van der Waals surface area contributed by atoms with Crippen LogP contribution in [0.15, 0.2) is 30.3 Å². The van der Waals surface area contributed by atoms with Crippen molar-refractivity contribution in [3.8, 4) is 0 Å². The highest BCUT2D eigenvalue weighted by atomic mass is 16.4. The molecule has 1 aromatic rings. The summed E-state index contributed by atoms with van der Waals surface area (Å²) in [6, 6.07) is 10.2. The zero-order valence-electron chi connectivity index (χ0n) is 11.4. The lowest BCUT2D eigenvalue weighted by atomic mass is 10.0.